The van der Waals surface area contributed by atoms with Crippen molar-refractivity contribution in [1.29, 1.82) is 0 Å². The molecule has 1 fully saturated rings. The van der Waals surface area contributed by atoms with E-state index < -0.39 is 0 Å². The summed E-state index contributed by atoms with van der Waals surface area (Å²) in [6.07, 6.45) is 9.55. The van der Waals surface area contributed by atoms with Crippen LogP contribution in [0.5, 0.6) is 5.88 Å². The largest absolute Gasteiger partial charge is 0.477 e. The molecule has 1 atom stereocenters. The van der Waals surface area contributed by atoms with E-state index in [9.17, 15) is 4.79 Å². The van der Waals surface area contributed by atoms with Gasteiger partial charge in [-0.15, -0.1) is 0 Å². The summed E-state index contributed by atoms with van der Waals surface area (Å²) in [7, 11) is 1.61. The molecule has 0 spiro atoms. The molecule has 3 rings (SSSR count). The van der Waals surface area contributed by atoms with Crippen molar-refractivity contribution in [2.45, 2.75) is 46.1 Å². The average molecular weight is 412 g/mol. The summed E-state index contributed by atoms with van der Waals surface area (Å²) < 4.78 is 10.6. The zero-order valence-electron chi connectivity index (χ0n) is 18.4. The van der Waals surface area contributed by atoms with Gasteiger partial charge in [0.15, 0.2) is 0 Å². The number of carbonyl (C=O) groups excluding carboxylic acids is 1. The van der Waals surface area contributed by atoms with E-state index >= 15 is 0 Å². The van der Waals surface area contributed by atoms with Crippen LogP contribution < -0.4 is 10.1 Å². The van der Waals surface area contributed by atoms with Gasteiger partial charge in [0.2, 0.25) is 11.8 Å². The second kappa shape index (κ2) is 12.8. The van der Waals surface area contributed by atoms with Gasteiger partial charge in [-0.3, -0.25) is 4.79 Å². The summed E-state index contributed by atoms with van der Waals surface area (Å²) in [6, 6.07) is 10.3. The number of nitrogens with zero attached hydrogens (tertiary/aromatic N) is 2. The smallest absolute Gasteiger partial charge is 0.219 e. The Morgan fingerprint density at radius 1 is 1.23 bits per heavy atom. The minimum atomic E-state index is -0.0143. The highest BCUT2D eigenvalue weighted by atomic mass is 16.5. The van der Waals surface area contributed by atoms with Crippen molar-refractivity contribution in [3.63, 3.8) is 0 Å². The van der Waals surface area contributed by atoms with E-state index in [2.05, 4.69) is 33.5 Å². The Morgan fingerprint density at radius 3 is 2.57 bits per heavy atom. The van der Waals surface area contributed by atoms with Crippen LogP contribution in [-0.2, 0) is 9.53 Å². The molecular formula is C24H33N3O3. The van der Waals surface area contributed by atoms with E-state index in [4.69, 9.17) is 9.47 Å². The zero-order chi connectivity index (χ0) is 21.8. The Labute approximate surface area is 179 Å². The lowest BCUT2D eigenvalue weighted by atomic mass is 9.86. The highest BCUT2D eigenvalue weighted by Crippen LogP contribution is 2.27. The van der Waals surface area contributed by atoms with Gasteiger partial charge < -0.3 is 14.8 Å². The van der Waals surface area contributed by atoms with Gasteiger partial charge >= 0.3 is 0 Å². The fourth-order valence-electron chi connectivity index (χ4n) is 2.99. The molecule has 1 saturated carbocycles. The minimum absolute atomic E-state index is 0.0143. The fourth-order valence-corrected chi connectivity index (χ4v) is 2.99. The van der Waals surface area contributed by atoms with Crippen LogP contribution in [0.25, 0.3) is 12.2 Å². The summed E-state index contributed by atoms with van der Waals surface area (Å²) >= 11 is 0. The lowest BCUT2D eigenvalue weighted by molar-refractivity contribution is -0.119. The number of amides is 1. The number of ether oxygens (including phenoxy) is 2. The standard InChI is InChI=1S/C18H20N2O.C6H13NO2/c1-14-17(11-10-15-6-3-2-4-7-15)19-13-20-18(14)21-12-16-8-5-9-16;1-5(4-9-3)7-6(2)8/h2-4,6-7,10-11,13,16H,5,8-9,12H2,1H3;5H,4H2,1-3H3,(H,7,8)/b11-10+;. The molecule has 1 heterocycles. The zero-order valence-corrected chi connectivity index (χ0v) is 18.4. The Bertz CT molecular complexity index is 805. The van der Waals surface area contributed by atoms with Gasteiger partial charge in [-0.2, -0.15) is 0 Å². The molecule has 0 saturated heterocycles. The molecule has 1 amide bonds. The van der Waals surface area contributed by atoms with E-state index in [1.165, 1.54) is 26.2 Å². The van der Waals surface area contributed by atoms with Crippen molar-refractivity contribution >= 4 is 18.1 Å². The Hall–Kier alpha value is -2.73. The molecule has 0 bridgehead atoms. The minimum Gasteiger partial charge on any atom is -0.477 e. The van der Waals surface area contributed by atoms with Crippen LogP contribution in [0.3, 0.4) is 0 Å². The first kappa shape index (κ1) is 23.5. The average Bonchev–Trinajstić information content (AvgIpc) is 2.68. The van der Waals surface area contributed by atoms with E-state index in [1.54, 1.807) is 13.4 Å². The molecule has 162 valence electrons. The van der Waals surface area contributed by atoms with E-state index in [0.717, 1.165) is 23.4 Å². The van der Waals surface area contributed by atoms with Crippen molar-refractivity contribution in [2.24, 2.45) is 5.92 Å². The number of hydrogen-bond acceptors (Lipinski definition) is 5. The summed E-state index contributed by atoms with van der Waals surface area (Å²) in [5, 5.41) is 2.68. The molecule has 1 aliphatic rings. The third kappa shape index (κ3) is 8.33. The molecule has 1 aromatic carbocycles. The van der Waals surface area contributed by atoms with Crippen LogP contribution >= 0.6 is 0 Å². The summed E-state index contributed by atoms with van der Waals surface area (Å²) in [5.41, 5.74) is 3.08. The van der Waals surface area contributed by atoms with E-state index in [1.807, 2.05) is 38.1 Å². The van der Waals surface area contributed by atoms with Gasteiger partial charge in [0.25, 0.3) is 0 Å². The Morgan fingerprint density at radius 2 is 1.97 bits per heavy atom. The van der Waals surface area contributed by atoms with Gasteiger partial charge in [0.05, 0.1) is 18.9 Å². The predicted octanol–water partition coefficient (Wildman–Crippen LogP) is 4.29. The van der Waals surface area contributed by atoms with E-state index in [0.29, 0.717) is 18.4 Å². The molecule has 1 aliphatic carbocycles. The highest BCUT2D eigenvalue weighted by Gasteiger charge is 2.18. The first-order chi connectivity index (χ1) is 14.5. The molecule has 0 radical (unpaired) electrons. The molecule has 1 unspecified atom stereocenters. The lowest BCUT2D eigenvalue weighted by Crippen LogP contribution is -2.33. The van der Waals surface area contributed by atoms with Crippen LogP contribution in [0.15, 0.2) is 36.7 Å². The van der Waals surface area contributed by atoms with Crippen LogP contribution in [0.4, 0.5) is 0 Å². The molecule has 1 aromatic heterocycles. The van der Waals surface area contributed by atoms with Crippen LogP contribution in [0.1, 0.15) is 49.9 Å². The second-order valence-corrected chi connectivity index (χ2v) is 7.60. The third-order valence-electron chi connectivity index (χ3n) is 4.86. The SMILES string of the molecule is COCC(C)NC(C)=O.Cc1c(/C=C/c2ccccc2)ncnc1OCC1CCC1. The molecule has 1 N–H and O–H groups in total. The van der Waals surface area contributed by atoms with Crippen molar-refractivity contribution in [2.75, 3.05) is 20.3 Å². The number of nitrogens with one attached hydrogen (secondary N) is 1. The lowest BCUT2D eigenvalue weighted by Gasteiger charge is -2.25. The van der Waals surface area contributed by atoms with Crippen molar-refractivity contribution < 1.29 is 14.3 Å². The van der Waals surface area contributed by atoms with E-state index in [-0.39, 0.29) is 11.9 Å². The number of aromatic nitrogens is 2. The number of benzene rings is 1. The topological polar surface area (TPSA) is 73.3 Å². The van der Waals surface area contributed by atoms with Gasteiger partial charge in [-0.1, -0.05) is 42.8 Å². The maximum absolute atomic E-state index is 10.4. The normalized spacial score (nSPS) is 14.4. The number of methoxy groups -OCH3 is 1. The van der Waals surface area contributed by atoms with Gasteiger partial charge in [-0.05, 0) is 44.2 Å². The Kier molecular flexibility index (Phi) is 10.0. The van der Waals surface area contributed by atoms with Crippen molar-refractivity contribution in [3.8, 4) is 5.88 Å². The fraction of sp³-hybridized carbons (Fsp3) is 0.458. The molecule has 2 aromatic rings. The quantitative estimate of drug-likeness (QED) is 0.701. The first-order valence-corrected chi connectivity index (χ1v) is 10.4. The summed E-state index contributed by atoms with van der Waals surface area (Å²) in [6.45, 7) is 6.75. The van der Waals surface area contributed by atoms with Crippen LogP contribution in [0, 0.1) is 12.8 Å². The number of hydrogen-bond donors (Lipinski definition) is 1. The molecule has 0 aliphatic heterocycles. The third-order valence-corrected chi connectivity index (χ3v) is 4.86. The molecule has 30 heavy (non-hydrogen) atoms. The first-order valence-electron chi connectivity index (χ1n) is 10.4. The van der Waals surface area contributed by atoms with Gasteiger partial charge in [-0.25, -0.2) is 9.97 Å². The van der Waals surface area contributed by atoms with Crippen molar-refractivity contribution in [3.05, 3.63) is 53.5 Å². The van der Waals surface area contributed by atoms with Gasteiger partial charge in [0.1, 0.15) is 6.33 Å². The summed E-state index contributed by atoms with van der Waals surface area (Å²) in [4.78, 5) is 19.0. The van der Waals surface area contributed by atoms with Gasteiger partial charge in [0, 0.05) is 25.6 Å². The highest BCUT2D eigenvalue weighted by molar-refractivity contribution is 5.73. The van der Waals surface area contributed by atoms with Crippen LogP contribution in [0.2, 0.25) is 0 Å². The summed E-state index contributed by atoms with van der Waals surface area (Å²) in [5.74, 6) is 1.41. The molecule has 6 nitrogen and oxygen atoms in total. The van der Waals surface area contributed by atoms with Crippen LogP contribution in [-0.4, -0.2) is 42.2 Å². The number of rotatable bonds is 8. The number of carbonyl (C=O) groups is 1. The Balaban J connectivity index is 0.000000303. The monoisotopic (exact) mass is 411 g/mol. The maximum Gasteiger partial charge on any atom is 0.219 e. The molecule has 6 heteroatoms. The van der Waals surface area contributed by atoms with Crippen molar-refractivity contribution in [1.82, 2.24) is 15.3 Å². The maximum atomic E-state index is 10.4. The second-order valence-electron chi connectivity index (χ2n) is 7.60. The predicted molar refractivity (Wildman–Crippen MR) is 120 cm³/mol. The molecular weight excluding hydrogens is 378 g/mol.